The fourth-order valence-corrected chi connectivity index (χ4v) is 1.45. The van der Waals surface area contributed by atoms with Gasteiger partial charge in [0, 0.05) is 7.05 Å². The third-order valence-electron chi connectivity index (χ3n) is 1.72. The van der Waals surface area contributed by atoms with Crippen LogP contribution in [-0.2, 0) is 0 Å². The van der Waals surface area contributed by atoms with Crippen molar-refractivity contribution in [1.29, 1.82) is 0 Å². The number of hydrogen-bond donors (Lipinski definition) is 3. The fourth-order valence-electron chi connectivity index (χ4n) is 0.948. The third-order valence-corrected chi connectivity index (χ3v) is 2.68. The quantitative estimate of drug-likeness (QED) is 0.500. The van der Waals surface area contributed by atoms with Gasteiger partial charge in [0.05, 0.1) is 0 Å². The molecule has 0 fully saturated rings. The number of carbonyl (C=O) groups excluding carboxylic acids is 1. The van der Waals surface area contributed by atoms with Crippen LogP contribution in [0.1, 0.15) is 10.5 Å². The van der Waals surface area contributed by atoms with Gasteiger partial charge in [-0.1, -0.05) is 23.4 Å². The first-order valence-electron chi connectivity index (χ1n) is 4.42. The van der Waals surface area contributed by atoms with Crippen LogP contribution in [0.25, 0.3) is 0 Å². The molecule has 0 aromatic carbocycles. The van der Waals surface area contributed by atoms with E-state index >= 15 is 0 Å². The van der Waals surface area contributed by atoms with Crippen LogP contribution in [0.3, 0.4) is 0 Å². The Kier molecular flexibility index (Phi) is 4.53. The summed E-state index contributed by atoms with van der Waals surface area (Å²) in [5.74, 6) is -0.754. The summed E-state index contributed by atoms with van der Waals surface area (Å²) in [5.41, 5.74) is 10.8. The van der Waals surface area contributed by atoms with Gasteiger partial charge in [-0.15, -0.1) is 0 Å². The number of aromatic nitrogens is 2. The van der Waals surface area contributed by atoms with E-state index in [9.17, 15) is 4.79 Å². The second-order valence-electron chi connectivity index (χ2n) is 2.81. The van der Waals surface area contributed by atoms with E-state index in [1.54, 1.807) is 13.3 Å². The Morgan fingerprint density at radius 2 is 2.06 bits per heavy atom. The van der Waals surface area contributed by atoms with Crippen molar-refractivity contribution in [3.63, 3.8) is 0 Å². The lowest BCUT2D eigenvalue weighted by Gasteiger charge is -2.04. The van der Waals surface area contributed by atoms with Crippen molar-refractivity contribution in [3.05, 3.63) is 10.8 Å². The molecule has 0 unspecified atom stereocenters. The topological polar surface area (TPSA) is 119 Å². The zero-order chi connectivity index (χ0) is 13.0. The molecule has 92 valence electrons. The van der Waals surface area contributed by atoms with Crippen molar-refractivity contribution in [2.24, 2.45) is 4.99 Å². The molecule has 0 bridgehead atoms. The van der Waals surface area contributed by atoms with Crippen molar-refractivity contribution in [2.75, 3.05) is 24.8 Å². The first kappa shape index (κ1) is 13.5. The molecule has 1 amide bonds. The van der Waals surface area contributed by atoms with Gasteiger partial charge in [0.2, 0.25) is 0 Å². The molecule has 17 heavy (non-hydrogen) atoms. The van der Waals surface area contributed by atoms with Crippen LogP contribution in [0, 0.1) is 0 Å². The van der Waals surface area contributed by atoms with Gasteiger partial charge < -0.3 is 16.8 Å². The number of carbonyl (C=O) groups is 1. The highest BCUT2D eigenvalue weighted by molar-refractivity contribution is 8.13. The summed E-state index contributed by atoms with van der Waals surface area (Å²) in [7, 11) is 1.65. The van der Waals surface area contributed by atoms with Crippen molar-refractivity contribution in [1.82, 2.24) is 15.3 Å². The number of nitrogens with one attached hydrogen (secondary N) is 1. The average molecular weight is 275 g/mol. The molecule has 0 saturated heterocycles. The molecule has 1 rings (SSSR count). The molecular weight excluding hydrogens is 264 g/mol. The van der Waals surface area contributed by atoms with Crippen molar-refractivity contribution in [3.8, 4) is 0 Å². The summed E-state index contributed by atoms with van der Waals surface area (Å²) in [4.78, 5) is 22.9. The van der Waals surface area contributed by atoms with Crippen LogP contribution in [0.4, 0.5) is 11.6 Å². The minimum absolute atomic E-state index is 0.0246. The minimum Gasteiger partial charge on any atom is -0.382 e. The third kappa shape index (κ3) is 3.21. The molecule has 1 aromatic rings. The van der Waals surface area contributed by atoms with E-state index in [-0.39, 0.29) is 22.5 Å². The average Bonchev–Trinajstić information content (AvgIpc) is 2.30. The van der Waals surface area contributed by atoms with Crippen LogP contribution in [0.5, 0.6) is 0 Å². The standard InChI is InChI=1S/C8H11ClN6OS/c1-12-8(17-2)15-7(16)3-5(10)14-6(11)4(9)13-3/h1-2H3,(H4,10,11,14)(H,12,15,16). The summed E-state index contributed by atoms with van der Waals surface area (Å²) in [6, 6.07) is 0. The first-order valence-corrected chi connectivity index (χ1v) is 6.03. The normalized spacial score (nSPS) is 11.4. The van der Waals surface area contributed by atoms with Gasteiger partial charge in [0.1, 0.15) is 0 Å². The van der Waals surface area contributed by atoms with E-state index in [0.717, 1.165) is 0 Å². The Morgan fingerprint density at radius 3 is 2.59 bits per heavy atom. The highest BCUT2D eigenvalue weighted by Gasteiger charge is 2.15. The molecule has 0 atom stereocenters. The number of nitrogen functional groups attached to an aromatic ring is 2. The number of anilines is 2. The number of nitrogens with zero attached hydrogens (tertiary/aromatic N) is 3. The maximum Gasteiger partial charge on any atom is 0.301 e. The summed E-state index contributed by atoms with van der Waals surface area (Å²) >= 11 is 6.94. The lowest BCUT2D eigenvalue weighted by molar-refractivity contribution is 0.0999. The minimum atomic E-state index is -0.629. The van der Waals surface area contributed by atoms with E-state index in [0.29, 0.717) is 5.17 Å². The summed E-state index contributed by atoms with van der Waals surface area (Å²) in [5, 5.41) is 3.10. The van der Waals surface area contributed by atoms with E-state index in [4.69, 9.17) is 23.1 Å². The molecule has 0 radical (unpaired) electrons. The molecular formula is C8H11ClN6OS. The highest BCUT2D eigenvalue weighted by Crippen LogP contribution is 2.18. The SMILES string of the molecule is CN/C(=N/C(=O)c1nc(Cl)c(N)nc1N)SC. The molecule has 0 aliphatic heterocycles. The fraction of sp³-hybridized carbons (Fsp3) is 0.250. The van der Waals surface area contributed by atoms with Crippen molar-refractivity contribution < 1.29 is 4.79 Å². The Hall–Kier alpha value is -1.54. The summed E-state index contributed by atoms with van der Waals surface area (Å²) in [6.07, 6.45) is 1.77. The molecule has 0 aliphatic carbocycles. The van der Waals surface area contributed by atoms with Crippen LogP contribution in [0.15, 0.2) is 4.99 Å². The number of hydrogen-bond acceptors (Lipinski definition) is 6. The lowest BCUT2D eigenvalue weighted by Crippen LogP contribution is -2.17. The maximum atomic E-state index is 11.7. The maximum absolute atomic E-state index is 11.7. The number of nitrogens with two attached hydrogens (primary N) is 2. The molecule has 1 aromatic heterocycles. The Labute approximate surface area is 107 Å². The second kappa shape index (κ2) is 5.69. The van der Waals surface area contributed by atoms with E-state index in [1.807, 2.05) is 0 Å². The van der Waals surface area contributed by atoms with Crippen molar-refractivity contribution in [2.45, 2.75) is 0 Å². The first-order chi connectivity index (χ1) is 7.99. The predicted molar refractivity (Wildman–Crippen MR) is 70.2 cm³/mol. The zero-order valence-electron chi connectivity index (χ0n) is 9.19. The van der Waals surface area contributed by atoms with Crippen LogP contribution >= 0.6 is 23.4 Å². The number of amides is 1. The molecule has 0 saturated carbocycles. The molecule has 9 heteroatoms. The molecule has 0 aliphatic rings. The van der Waals surface area contributed by atoms with Crippen LogP contribution in [-0.4, -0.2) is 34.3 Å². The number of aliphatic imine (C=N–C) groups is 1. The monoisotopic (exact) mass is 274 g/mol. The van der Waals surface area contributed by atoms with Gasteiger partial charge in [-0.3, -0.25) is 4.79 Å². The summed E-state index contributed by atoms with van der Waals surface area (Å²) in [6.45, 7) is 0. The van der Waals surface area contributed by atoms with E-state index in [1.165, 1.54) is 11.8 Å². The van der Waals surface area contributed by atoms with E-state index in [2.05, 4.69) is 20.3 Å². The number of halogens is 1. The summed E-state index contributed by atoms with van der Waals surface area (Å²) < 4.78 is 0. The highest BCUT2D eigenvalue weighted by atomic mass is 35.5. The van der Waals surface area contributed by atoms with Gasteiger partial charge in [-0.25, -0.2) is 9.97 Å². The number of thioether (sulfide) groups is 1. The largest absolute Gasteiger partial charge is 0.382 e. The zero-order valence-corrected chi connectivity index (χ0v) is 10.8. The molecule has 1 heterocycles. The van der Waals surface area contributed by atoms with Gasteiger partial charge >= 0.3 is 5.91 Å². The molecule has 5 N–H and O–H groups in total. The Bertz CT molecular complexity index is 471. The van der Waals surface area contributed by atoms with E-state index < -0.39 is 5.91 Å². The van der Waals surface area contributed by atoms with Gasteiger partial charge in [-0.05, 0) is 6.26 Å². The van der Waals surface area contributed by atoms with Crippen LogP contribution < -0.4 is 16.8 Å². The van der Waals surface area contributed by atoms with Gasteiger partial charge in [0.25, 0.3) is 0 Å². The number of rotatable bonds is 1. The second-order valence-corrected chi connectivity index (χ2v) is 3.96. The number of amidine groups is 1. The smallest absolute Gasteiger partial charge is 0.301 e. The van der Waals surface area contributed by atoms with Gasteiger partial charge in [0.15, 0.2) is 27.7 Å². The lowest BCUT2D eigenvalue weighted by atomic mass is 10.4. The molecule has 7 nitrogen and oxygen atoms in total. The van der Waals surface area contributed by atoms with Gasteiger partial charge in [-0.2, -0.15) is 4.99 Å². The Morgan fingerprint density at radius 1 is 1.41 bits per heavy atom. The predicted octanol–water partition coefficient (Wildman–Crippen LogP) is 0.373. The molecule has 0 spiro atoms. The Balaban J connectivity index is 3.13. The van der Waals surface area contributed by atoms with Crippen molar-refractivity contribution >= 4 is 46.1 Å². The van der Waals surface area contributed by atoms with Crippen LogP contribution in [0.2, 0.25) is 5.15 Å².